The number of hydrogen-bond acceptors (Lipinski definition) is 7. The Labute approximate surface area is 230 Å². The van der Waals surface area contributed by atoms with Gasteiger partial charge in [-0.1, -0.05) is 64.4 Å². The summed E-state index contributed by atoms with van der Waals surface area (Å²) in [5.74, 6) is -3.18. The van der Waals surface area contributed by atoms with Crippen LogP contribution in [0.2, 0.25) is 0 Å². The Bertz CT molecular complexity index is 976. The number of alkyl carbamates (subject to hydrolysis) is 1. The highest BCUT2D eigenvalue weighted by molar-refractivity contribution is 5.94. The number of hydrogen-bond donors (Lipinski definition) is 4. The normalized spacial score (nSPS) is 14.4. The zero-order chi connectivity index (χ0) is 29.8. The van der Waals surface area contributed by atoms with Gasteiger partial charge in [-0.2, -0.15) is 0 Å². The van der Waals surface area contributed by atoms with Gasteiger partial charge >= 0.3 is 12.1 Å². The first-order valence-electron chi connectivity index (χ1n) is 13.2. The Balaban J connectivity index is 2.84. The zero-order valence-corrected chi connectivity index (χ0v) is 24.0. The molecule has 1 aromatic carbocycles. The molecule has 0 aliphatic rings. The smallest absolute Gasteiger partial charge is 0.408 e. The molecule has 11 nitrogen and oxygen atoms in total. The van der Waals surface area contributed by atoms with E-state index in [0.29, 0.717) is 6.42 Å². The SMILES string of the molecule is CC[C@H](C)[C@H](NC(=O)[C@H](NC(=O)OC(C)(C)C)C(C)C)C(=O)N[C@H](CCC(=O)OCc1ccccc1)C(N)=O. The van der Waals surface area contributed by atoms with Crippen LogP contribution in [0.4, 0.5) is 4.79 Å². The van der Waals surface area contributed by atoms with Crippen LogP contribution in [0.15, 0.2) is 30.3 Å². The van der Waals surface area contributed by atoms with Crippen LogP contribution in [0.5, 0.6) is 0 Å². The van der Waals surface area contributed by atoms with Gasteiger partial charge in [0.15, 0.2) is 0 Å². The predicted molar refractivity (Wildman–Crippen MR) is 146 cm³/mol. The Kier molecular flexibility index (Phi) is 13.4. The molecule has 0 fully saturated rings. The molecule has 4 amide bonds. The highest BCUT2D eigenvalue weighted by Crippen LogP contribution is 2.13. The van der Waals surface area contributed by atoms with Crippen molar-refractivity contribution in [3.63, 3.8) is 0 Å². The van der Waals surface area contributed by atoms with Crippen LogP contribution in [0.1, 0.15) is 73.3 Å². The molecule has 39 heavy (non-hydrogen) atoms. The van der Waals surface area contributed by atoms with Gasteiger partial charge in [0.05, 0.1) is 0 Å². The van der Waals surface area contributed by atoms with Gasteiger partial charge in [0.2, 0.25) is 17.7 Å². The van der Waals surface area contributed by atoms with Crippen LogP contribution in [0.3, 0.4) is 0 Å². The third-order valence-electron chi connectivity index (χ3n) is 5.95. The van der Waals surface area contributed by atoms with Crippen molar-refractivity contribution in [1.82, 2.24) is 16.0 Å². The molecule has 11 heteroatoms. The number of carbonyl (C=O) groups excluding carboxylic acids is 5. The van der Waals surface area contributed by atoms with E-state index in [9.17, 15) is 24.0 Å². The first-order chi connectivity index (χ1) is 18.1. The maximum Gasteiger partial charge on any atom is 0.408 e. The van der Waals surface area contributed by atoms with Gasteiger partial charge in [0.1, 0.15) is 30.3 Å². The van der Waals surface area contributed by atoms with Crippen molar-refractivity contribution in [2.75, 3.05) is 0 Å². The molecule has 0 unspecified atom stereocenters. The molecule has 0 aromatic heterocycles. The molecular weight excluding hydrogens is 504 g/mol. The molecule has 4 atom stereocenters. The number of esters is 1. The van der Waals surface area contributed by atoms with Gasteiger partial charge in [-0.05, 0) is 44.6 Å². The summed E-state index contributed by atoms with van der Waals surface area (Å²) in [5.41, 5.74) is 5.55. The third kappa shape index (κ3) is 12.6. The fourth-order valence-electron chi connectivity index (χ4n) is 3.53. The fourth-order valence-corrected chi connectivity index (χ4v) is 3.53. The van der Waals surface area contributed by atoms with Crippen molar-refractivity contribution in [2.45, 2.75) is 98.1 Å². The van der Waals surface area contributed by atoms with E-state index in [4.69, 9.17) is 15.2 Å². The minimum atomic E-state index is -1.15. The maximum atomic E-state index is 13.2. The van der Waals surface area contributed by atoms with Crippen molar-refractivity contribution in [3.8, 4) is 0 Å². The Morgan fingerprint density at radius 1 is 0.897 bits per heavy atom. The molecule has 0 bridgehead atoms. The summed E-state index contributed by atoms with van der Waals surface area (Å²) in [7, 11) is 0. The molecule has 1 aromatic rings. The lowest BCUT2D eigenvalue weighted by Crippen LogP contribution is -2.59. The zero-order valence-electron chi connectivity index (χ0n) is 24.0. The quantitative estimate of drug-likeness (QED) is 0.259. The Morgan fingerprint density at radius 2 is 1.49 bits per heavy atom. The number of nitrogens with two attached hydrogens (primary N) is 1. The van der Waals surface area contributed by atoms with E-state index in [1.165, 1.54) is 0 Å². The van der Waals surface area contributed by atoms with Crippen molar-refractivity contribution < 1.29 is 33.4 Å². The monoisotopic (exact) mass is 548 g/mol. The van der Waals surface area contributed by atoms with Gasteiger partial charge in [-0.25, -0.2) is 4.79 Å². The van der Waals surface area contributed by atoms with Crippen LogP contribution in [0.25, 0.3) is 0 Å². The molecule has 0 heterocycles. The summed E-state index contributed by atoms with van der Waals surface area (Å²) >= 11 is 0. The lowest BCUT2D eigenvalue weighted by atomic mass is 9.96. The standard InChI is InChI=1S/C28H44N4O7/c1-8-18(4)23(31-25(35)22(17(2)3)32-27(37)39-28(5,6)7)26(36)30-20(24(29)34)14-15-21(33)38-16-19-12-10-9-11-13-19/h9-13,17-18,20,22-23H,8,14-16H2,1-7H3,(H2,29,34)(H,30,36)(H,31,35)(H,32,37)/t18-,20+,22+,23-/m0/s1. The number of ether oxygens (including phenoxy) is 2. The Hall–Kier alpha value is -3.63. The van der Waals surface area contributed by atoms with Gasteiger partial charge in [-0.15, -0.1) is 0 Å². The van der Waals surface area contributed by atoms with E-state index >= 15 is 0 Å². The Morgan fingerprint density at radius 3 is 2.00 bits per heavy atom. The second kappa shape index (κ2) is 15.7. The molecule has 0 saturated carbocycles. The van der Waals surface area contributed by atoms with Crippen molar-refractivity contribution in [3.05, 3.63) is 35.9 Å². The summed E-state index contributed by atoms with van der Waals surface area (Å²) < 4.78 is 10.5. The van der Waals surface area contributed by atoms with Crippen LogP contribution < -0.4 is 21.7 Å². The minimum absolute atomic E-state index is 0.0648. The van der Waals surface area contributed by atoms with E-state index in [2.05, 4.69) is 16.0 Å². The number of carbonyl (C=O) groups is 5. The van der Waals surface area contributed by atoms with Gasteiger partial charge in [0.25, 0.3) is 0 Å². The summed E-state index contributed by atoms with van der Waals surface area (Å²) in [5, 5.41) is 7.82. The highest BCUT2D eigenvalue weighted by Gasteiger charge is 2.33. The third-order valence-corrected chi connectivity index (χ3v) is 5.95. The molecule has 0 saturated heterocycles. The number of nitrogens with one attached hydrogen (secondary N) is 3. The van der Waals surface area contributed by atoms with E-state index in [-0.39, 0.29) is 31.3 Å². The molecular formula is C28H44N4O7. The van der Waals surface area contributed by atoms with Crippen molar-refractivity contribution in [1.29, 1.82) is 0 Å². The van der Waals surface area contributed by atoms with Gasteiger partial charge in [-0.3, -0.25) is 19.2 Å². The minimum Gasteiger partial charge on any atom is -0.461 e. The first kappa shape index (κ1) is 33.4. The summed E-state index contributed by atoms with van der Waals surface area (Å²) in [6.07, 6.45) is -0.424. The van der Waals surface area contributed by atoms with Crippen LogP contribution in [-0.2, 0) is 35.3 Å². The van der Waals surface area contributed by atoms with Crippen LogP contribution >= 0.6 is 0 Å². The lowest BCUT2D eigenvalue weighted by Gasteiger charge is -2.29. The average Bonchev–Trinajstić information content (AvgIpc) is 2.85. The van der Waals surface area contributed by atoms with Gasteiger partial charge < -0.3 is 31.2 Å². The summed E-state index contributed by atoms with van der Waals surface area (Å²) in [6, 6.07) is 6.00. The molecule has 0 spiro atoms. The highest BCUT2D eigenvalue weighted by atomic mass is 16.6. The van der Waals surface area contributed by atoms with Gasteiger partial charge in [0, 0.05) is 6.42 Å². The number of primary amides is 1. The molecule has 0 aliphatic carbocycles. The predicted octanol–water partition coefficient (Wildman–Crippen LogP) is 2.56. The summed E-state index contributed by atoms with van der Waals surface area (Å²) in [6.45, 7) is 12.3. The number of amides is 4. The number of benzene rings is 1. The van der Waals surface area contributed by atoms with E-state index < -0.39 is 53.5 Å². The van der Waals surface area contributed by atoms with Crippen molar-refractivity contribution in [2.24, 2.45) is 17.6 Å². The van der Waals surface area contributed by atoms with Crippen LogP contribution in [-0.4, -0.2) is 53.5 Å². The van der Waals surface area contributed by atoms with E-state index in [1.54, 1.807) is 41.5 Å². The molecule has 1 rings (SSSR count). The second-order valence-electron chi connectivity index (χ2n) is 10.9. The molecule has 0 aliphatic heterocycles. The average molecular weight is 549 g/mol. The topological polar surface area (TPSA) is 166 Å². The summed E-state index contributed by atoms with van der Waals surface area (Å²) in [4.78, 5) is 62.8. The van der Waals surface area contributed by atoms with Crippen molar-refractivity contribution >= 4 is 29.8 Å². The molecule has 0 radical (unpaired) electrons. The number of rotatable bonds is 14. The lowest BCUT2D eigenvalue weighted by molar-refractivity contribution is -0.145. The molecule has 5 N–H and O–H groups in total. The second-order valence-corrected chi connectivity index (χ2v) is 10.9. The van der Waals surface area contributed by atoms with E-state index in [0.717, 1.165) is 5.56 Å². The molecule has 218 valence electrons. The largest absolute Gasteiger partial charge is 0.461 e. The maximum absolute atomic E-state index is 13.2. The van der Waals surface area contributed by atoms with E-state index in [1.807, 2.05) is 37.3 Å². The first-order valence-corrected chi connectivity index (χ1v) is 13.2. The fraction of sp³-hybridized carbons (Fsp3) is 0.607. The van der Waals surface area contributed by atoms with Crippen LogP contribution in [0, 0.1) is 11.8 Å².